The number of rotatable bonds is 4. The van der Waals surface area contributed by atoms with E-state index in [2.05, 4.69) is 33.4 Å². The van der Waals surface area contributed by atoms with Crippen LogP contribution < -0.4 is 0 Å². The fourth-order valence-corrected chi connectivity index (χ4v) is 4.15. The van der Waals surface area contributed by atoms with Crippen LogP contribution in [0.15, 0.2) is 42.0 Å². The van der Waals surface area contributed by atoms with Gasteiger partial charge in [0.2, 0.25) is 0 Å². The Bertz CT molecular complexity index is 872. The maximum Gasteiger partial charge on any atom is 0.169 e. The highest BCUT2D eigenvalue weighted by molar-refractivity contribution is 7.13. The predicted octanol–water partition coefficient (Wildman–Crippen LogP) is 3.06. The molecular formula is C19H22FN5S. The summed E-state index contributed by atoms with van der Waals surface area (Å²) in [6.45, 7) is 4.13. The fourth-order valence-electron chi connectivity index (χ4n) is 3.31. The van der Waals surface area contributed by atoms with Gasteiger partial charge in [0, 0.05) is 55.6 Å². The highest BCUT2D eigenvalue weighted by Crippen LogP contribution is 2.28. The summed E-state index contributed by atoms with van der Waals surface area (Å²) < 4.78 is 15.3. The van der Waals surface area contributed by atoms with Crippen molar-refractivity contribution in [2.75, 3.05) is 33.7 Å². The number of hydrogen-bond donors (Lipinski definition) is 0. The average Bonchev–Trinajstić information content (AvgIpc) is 3.28. The van der Waals surface area contributed by atoms with E-state index in [1.54, 1.807) is 23.5 Å². The Balaban J connectivity index is 1.56. The Hall–Kier alpha value is -2.09. The number of hydrogen-bond acceptors (Lipinski definition) is 5. The molecule has 0 radical (unpaired) electrons. The number of benzene rings is 1. The fraction of sp³-hybridized carbons (Fsp3) is 0.368. The lowest BCUT2D eigenvalue weighted by molar-refractivity contribution is 0.103. The number of thiazole rings is 1. The van der Waals surface area contributed by atoms with Crippen LogP contribution in [-0.4, -0.2) is 64.1 Å². The van der Waals surface area contributed by atoms with Crippen molar-refractivity contribution in [2.24, 2.45) is 0 Å². The molecule has 0 aliphatic carbocycles. The van der Waals surface area contributed by atoms with Crippen LogP contribution in [0.25, 0.3) is 22.1 Å². The summed E-state index contributed by atoms with van der Waals surface area (Å²) in [5.41, 5.74) is 1.77. The molecule has 0 amide bonds. The maximum absolute atomic E-state index is 13.1. The first-order chi connectivity index (χ1) is 12.6. The molecule has 0 N–H and O–H groups in total. The normalized spacial score (nSPS) is 19.1. The summed E-state index contributed by atoms with van der Waals surface area (Å²) >= 11 is 1.57. The van der Waals surface area contributed by atoms with Crippen LogP contribution in [0.5, 0.6) is 0 Å². The van der Waals surface area contributed by atoms with Crippen molar-refractivity contribution in [2.45, 2.75) is 12.6 Å². The number of aromatic nitrogens is 3. The molecule has 136 valence electrons. The monoisotopic (exact) mass is 371 g/mol. The van der Waals surface area contributed by atoms with Crippen LogP contribution in [0, 0.1) is 5.82 Å². The Morgan fingerprint density at radius 3 is 2.81 bits per heavy atom. The second-order valence-electron chi connectivity index (χ2n) is 6.84. The van der Waals surface area contributed by atoms with E-state index < -0.39 is 0 Å². The molecule has 1 atom stereocenters. The van der Waals surface area contributed by atoms with E-state index in [0.29, 0.717) is 6.04 Å². The Morgan fingerprint density at radius 2 is 2.00 bits per heavy atom. The molecule has 1 aliphatic heterocycles. The van der Waals surface area contributed by atoms with Gasteiger partial charge >= 0.3 is 0 Å². The van der Waals surface area contributed by atoms with Crippen LogP contribution in [0.2, 0.25) is 0 Å². The van der Waals surface area contributed by atoms with E-state index in [1.165, 1.54) is 12.1 Å². The van der Waals surface area contributed by atoms with E-state index in [1.807, 2.05) is 17.8 Å². The lowest BCUT2D eigenvalue weighted by Crippen LogP contribution is -2.51. The van der Waals surface area contributed by atoms with Gasteiger partial charge < -0.3 is 9.47 Å². The predicted molar refractivity (Wildman–Crippen MR) is 103 cm³/mol. The van der Waals surface area contributed by atoms with Crippen LogP contribution >= 0.6 is 11.3 Å². The molecule has 1 aliphatic rings. The van der Waals surface area contributed by atoms with Gasteiger partial charge in [0.1, 0.15) is 5.82 Å². The van der Waals surface area contributed by atoms with Crippen molar-refractivity contribution in [3.05, 3.63) is 47.9 Å². The van der Waals surface area contributed by atoms with Gasteiger partial charge in [-0.25, -0.2) is 14.4 Å². The Kier molecular flexibility index (Phi) is 4.84. The molecule has 0 saturated carbocycles. The minimum Gasteiger partial charge on any atom is -0.327 e. The van der Waals surface area contributed by atoms with Crippen LogP contribution in [0.4, 0.5) is 4.39 Å². The smallest absolute Gasteiger partial charge is 0.169 e. The first kappa shape index (κ1) is 17.3. The number of likely N-dealkylation sites (N-methyl/N-ethyl adjacent to an activating group) is 2. The SMILES string of the molecule is CN1CCN(C)C(Cn2ccnc2-c2nc(-c3ccc(F)cc3)cs2)C1. The summed E-state index contributed by atoms with van der Waals surface area (Å²) in [5.74, 6) is 0.659. The molecule has 3 aromatic rings. The highest BCUT2D eigenvalue weighted by atomic mass is 32.1. The van der Waals surface area contributed by atoms with Gasteiger partial charge in [-0.1, -0.05) is 0 Å². The molecule has 26 heavy (non-hydrogen) atoms. The zero-order valence-electron chi connectivity index (χ0n) is 15.0. The number of piperazine rings is 1. The largest absolute Gasteiger partial charge is 0.327 e. The first-order valence-corrected chi connectivity index (χ1v) is 9.60. The minimum absolute atomic E-state index is 0.235. The minimum atomic E-state index is -0.235. The first-order valence-electron chi connectivity index (χ1n) is 8.72. The third kappa shape index (κ3) is 3.56. The molecule has 1 unspecified atom stereocenters. The van der Waals surface area contributed by atoms with Crippen molar-refractivity contribution < 1.29 is 4.39 Å². The third-order valence-electron chi connectivity index (χ3n) is 4.94. The van der Waals surface area contributed by atoms with Gasteiger partial charge in [-0.15, -0.1) is 11.3 Å². The summed E-state index contributed by atoms with van der Waals surface area (Å²) in [7, 11) is 4.36. The number of imidazole rings is 1. The summed E-state index contributed by atoms with van der Waals surface area (Å²) in [4.78, 5) is 14.0. The summed E-state index contributed by atoms with van der Waals surface area (Å²) in [5, 5.41) is 2.89. The van der Waals surface area contributed by atoms with Crippen LogP contribution in [0.3, 0.4) is 0 Å². The molecule has 5 nitrogen and oxygen atoms in total. The van der Waals surface area contributed by atoms with Crippen molar-refractivity contribution in [1.82, 2.24) is 24.3 Å². The van der Waals surface area contributed by atoms with Crippen LogP contribution in [-0.2, 0) is 6.54 Å². The highest BCUT2D eigenvalue weighted by Gasteiger charge is 2.23. The van der Waals surface area contributed by atoms with Crippen LogP contribution in [0.1, 0.15) is 0 Å². The van der Waals surface area contributed by atoms with Gasteiger partial charge in [-0.2, -0.15) is 0 Å². The molecule has 0 bridgehead atoms. The standard InChI is InChI=1S/C19H22FN5S/c1-23-9-10-24(2)16(11-23)12-25-8-7-21-18(25)19-22-17(13-26-19)14-3-5-15(20)6-4-14/h3-8,13,16H,9-12H2,1-2H3. The lowest BCUT2D eigenvalue weighted by atomic mass is 10.2. The molecule has 1 saturated heterocycles. The maximum atomic E-state index is 13.1. The molecule has 7 heteroatoms. The molecule has 1 fully saturated rings. The van der Waals surface area contributed by atoms with Crippen molar-refractivity contribution in [3.8, 4) is 22.1 Å². The molecule has 0 spiro atoms. The second-order valence-corrected chi connectivity index (χ2v) is 7.70. The average molecular weight is 371 g/mol. The topological polar surface area (TPSA) is 37.2 Å². The second kappa shape index (κ2) is 7.26. The lowest BCUT2D eigenvalue weighted by Gasteiger charge is -2.38. The van der Waals surface area contributed by atoms with Gasteiger partial charge in [0.15, 0.2) is 10.8 Å². The number of halogens is 1. The zero-order valence-corrected chi connectivity index (χ0v) is 15.8. The van der Waals surface area contributed by atoms with Gasteiger partial charge in [-0.05, 0) is 38.4 Å². The molecule has 4 rings (SSSR count). The van der Waals surface area contributed by atoms with Crippen molar-refractivity contribution in [1.29, 1.82) is 0 Å². The third-order valence-corrected chi connectivity index (χ3v) is 5.78. The molecule has 1 aromatic carbocycles. The van der Waals surface area contributed by atoms with Crippen molar-refractivity contribution >= 4 is 11.3 Å². The zero-order chi connectivity index (χ0) is 18.1. The molecule has 3 heterocycles. The van der Waals surface area contributed by atoms with Gasteiger partial charge in [-0.3, -0.25) is 4.90 Å². The van der Waals surface area contributed by atoms with E-state index >= 15 is 0 Å². The van der Waals surface area contributed by atoms with E-state index in [4.69, 9.17) is 4.98 Å². The summed E-state index contributed by atoms with van der Waals surface area (Å²) in [6.07, 6.45) is 3.86. The van der Waals surface area contributed by atoms with E-state index in [9.17, 15) is 4.39 Å². The van der Waals surface area contributed by atoms with Crippen molar-refractivity contribution in [3.63, 3.8) is 0 Å². The Morgan fingerprint density at radius 1 is 1.19 bits per heavy atom. The van der Waals surface area contributed by atoms with E-state index in [-0.39, 0.29) is 5.82 Å². The van der Waals surface area contributed by atoms with Gasteiger partial charge in [0.05, 0.1) is 5.69 Å². The molecule has 2 aromatic heterocycles. The molecular weight excluding hydrogens is 349 g/mol. The quantitative estimate of drug-likeness (QED) is 0.706. The Labute approximate surface area is 156 Å². The summed E-state index contributed by atoms with van der Waals surface area (Å²) in [6, 6.07) is 6.90. The van der Waals surface area contributed by atoms with E-state index in [0.717, 1.165) is 48.3 Å². The van der Waals surface area contributed by atoms with Gasteiger partial charge in [0.25, 0.3) is 0 Å². The number of nitrogens with zero attached hydrogens (tertiary/aromatic N) is 5.